The van der Waals surface area contributed by atoms with Crippen LogP contribution in [0.2, 0.25) is 0 Å². The highest BCUT2D eigenvalue weighted by atomic mass is 16.5. The topological polar surface area (TPSA) is 49.8 Å². The van der Waals surface area contributed by atoms with Crippen LogP contribution in [0, 0.1) is 18.3 Å². The maximum Gasteiger partial charge on any atom is 0.141 e. The molecule has 14 heavy (non-hydrogen) atoms. The van der Waals surface area contributed by atoms with E-state index in [0.717, 1.165) is 16.9 Å². The van der Waals surface area contributed by atoms with Gasteiger partial charge in [-0.15, -0.1) is 0 Å². The van der Waals surface area contributed by atoms with Gasteiger partial charge in [0.2, 0.25) is 0 Å². The zero-order valence-electron chi connectivity index (χ0n) is 7.69. The molecule has 0 aliphatic heterocycles. The van der Waals surface area contributed by atoms with Crippen molar-refractivity contribution < 1.29 is 4.52 Å². The van der Waals surface area contributed by atoms with Crippen LogP contribution in [0.3, 0.4) is 0 Å². The summed E-state index contributed by atoms with van der Waals surface area (Å²) in [5, 5.41) is 12.3. The van der Waals surface area contributed by atoms with Crippen molar-refractivity contribution in [2.24, 2.45) is 0 Å². The van der Waals surface area contributed by atoms with Crippen LogP contribution in [0.5, 0.6) is 0 Å². The van der Waals surface area contributed by atoms with Crippen molar-refractivity contribution in [2.75, 3.05) is 0 Å². The monoisotopic (exact) mass is 184 g/mol. The Hall–Kier alpha value is -2.08. The molecule has 0 N–H and O–H groups in total. The zero-order chi connectivity index (χ0) is 9.97. The molecule has 0 spiro atoms. The molecule has 2 rings (SSSR count). The van der Waals surface area contributed by atoms with E-state index in [9.17, 15) is 0 Å². The van der Waals surface area contributed by atoms with Gasteiger partial charge in [-0.05, 0) is 24.6 Å². The summed E-state index contributed by atoms with van der Waals surface area (Å²) >= 11 is 0. The van der Waals surface area contributed by atoms with E-state index in [0.29, 0.717) is 5.56 Å². The van der Waals surface area contributed by atoms with Gasteiger partial charge >= 0.3 is 0 Å². The predicted molar refractivity (Wildman–Crippen MR) is 51.4 cm³/mol. The third-order valence-electron chi connectivity index (χ3n) is 2.08. The Kier molecular flexibility index (Phi) is 2.04. The van der Waals surface area contributed by atoms with E-state index in [1.165, 1.54) is 0 Å². The Morgan fingerprint density at radius 3 is 2.50 bits per heavy atom. The van der Waals surface area contributed by atoms with Crippen molar-refractivity contribution in [2.45, 2.75) is 6.92 Å². The average Bonchev–Trinajstić information content (AvgIpc) is 2.65. The molecule has 0 fully saturated rings. The summed E-state index contributed by atoms with van der Waals surface area (Å²) in [6.07, 6.45) is 1.68. The van der Waals surface area contributed by atoms with Crippen molar-refractivity contribution in [3.8, 4) is 17.2 Å². The van der Waals surface area contributed by atoms with Gasteiger partial charge in [0.15, 0.2) is 0 Å². The minimum atomic E-state index is 0.655. The zero-order valence-corrected chi connectivity index (χ0v) is 7.69. The van der Waals surface area contributed by atoms with Gasteiger partial charge in [0.25, 0.3) is 0 Å². The van der Waals surface area contributed by atoms with E-state index in [-0.39, 0.29) is 0 Å². The number of nitriles is 1. The molecule has 0 unspecified atom stereocenters. The Morgan fingerprint density at radius 2 is 2.00 bits per heavy atom. The second kappa shape index (κ2) is 3.35. The van der Waals surface area contributed by atoms with Crippen LogP contribution in [0.1, 0.15) is 11.3 Å². The lowest BCUT2D eigenvalue weighted by Gasteiger charge is -1.96. The van der Waals surface area contributed by atoms with Crippen molar-refractivity contribution in [1.29, 1.82) is 5.26 Å². The van der Waals surface area contributed by atoms with E-state index in [1.54, 1.807) is 18.3 Å². The van der Waals surface area contributed by atoms with E-state index in [1.807, 2.05) is 19.1 Å². The van der Waals surface area contributed by atoms with Gasteiger partial charge in [-0.3, -0.25) is 0 Å². The number of aryl methyl sites for hydroxylation is 1. The molecule has 2 aromatic rings. The minimum Gasteiger partial charge on any atom is -0.361 e. The lowest BCUT2D eigenvalue weighted by molar-refractivity contribution is 0.398. The third kappa shape index (κ3) is 1.38. The molecular weight excluding hydrogens is 176 g/mol. The first-order valence-electron chi connectivity index (χ1n) is 4.23. The van der Waals surface area contributed by atoms with E-state index in [2.05, 4.69) is 11.2 Å². The molecule has 1 aromatic carbocycles. The number of aromatic nitrogens is 1. The summed E-state index contributed by atoms with van der Waals surface area (Å²) < 4.78 is 4.96. The van der Waals surface area contributed by atoms with Crippen LogP contribution in [0.4, 0.5) is 0 Å². The summed E-state index contributed by atoms with van der Waals surface area (Å²) in [5.41, 5.74) is 2.64. The molecule has 0 saturated heterocycles. The molecule has 0 amide bonds. The fourth-order valence-corrected chi connectivity index (χ4v) is 1.30. The first kappa shape index (κ1) is 8.52. The number of hydrogen-bond acceptors (Lipinski definition) is 3. The molecular formula is C11H8N2O. The minimum absolute atomic E-state index is 0.655. The summed E-state index contributed by atoms with van der Waals surface area (Å²) in [7, 11) is 0. The van der Waals surface area contributed by atoms with Gasteiger partial charge in [-0.2, -0.15) is 5.26 Å². The largest absolute Gasteiger partial charge is 0.361 e. The number of rotatable bonds is 1. The highest BCUT2D eigenvalue weighted by molar-refractivity contribution is 5.64. The summed E-state index contributed by atoms with van der Waals surface area (Å²) in [6.45, 7) is 1.86. The maximum absolute atomic E-state index is 8.63. The standard InChI is InChI=1S/C11H8N2O/c1-8-11(7-13-14-8)10-4-2-9(6-12)3-5-10/h2-5,7H,1H3. The van der Waals surface area contributed by atoms with Gasteiger partial charge in [-0.1, -0.05) is 17.3 Å². The lowest BCUT2D eigenvalue weighted by Crippen LogP contribution is -1.78. The molecule has 0 atom stereocenters. The molecule has 3 nitrogen and oxygen atoms in total. The Balaban J connectivity index is 2.45. The molecule has 0 aliphatic rings. The molecule has 1 heterocycles. The summed E-state index contributed by atoms with van der Waals surface area (Å²) in [5.74, 6) is 0.787. The fourth-order valence-electron chi connectivity index (χ4n) is 1.30. The quantitative estimate of drug-likeness (QED) is 0.684. The molecule has 68 valence electrons. The SMILES string of the molecule is Cc1oncc1-c1ccc(C#N)cc1. The number of benzene rings is 1. The average molecular weight is 184 g/mol. The molecule has 3 heteroatoms. The van der Waals surface area contributed by atoms with Gasteiger partial charge in [0, 0.05) is 5.56 Å². The number of nitrogens with zero attached hydrogens (tertiary/aromatic N) is 2. The Labute approximate surface area is 81.6 Å². The fraction of sp³-hybridized carbons (Fsp3) is 0.0909. The van der Waals surface area contributed by atoms with Crippen LogP contribution < -0.4 is 0 Å². The van der Waals surface area contributed by atoms with Crippen molar-refractivity contribution in [3.63, 3.8) is 0 Å². The van der Waals surface area contributed by atoms with Crippen molar-refractivity contribution >= 4 is 0 Å². The molecule has 0 saturated carbocycles. The van der Waals surface area contributed by atoms with Crippen LogP contribution in [-0.2, 0) is 0 Å². The highest BCUT2D eigenvalue weighted by Gasteiger charge is 2.04. The van der Waals surface area contributed by atoms with E-state index in [4.69, 9.17) is 9.78 Å². The van der Waals surface area contributed by atoms with Crippen LogP contribution in [-0.4, -0.2) is 5.16 Å². The van der Waals surface area contributed by atoms with E-state index < -0.39 is 0 Å². The van der Waals surface area contributed by atoms with Crippen LogP contribution >= 0.6 is 0 Å². The second-order valence-corrected chi connectivity index (χ2v) is 2.98. The lowest BCUT2D eigenvalue weighted by atomic mass is 10.1. The first-order valence-corrected chi connectivity index (χ1v) is 4.23. The number of hydrogen-bond donors (Lipinski definition) is 0. The summed E-state index contributed by atoms with van der Waals surface area (Å²) in [4.78, 5) is 0. The molecule has 0 aliphatic carbocycles. The maximum atomic E-state index is 8.63. The Bertz CT molecular complexity index is 477. The van der Waals surface area contributed by atoms with E-state index >= 15 is 0 Å². The van der Waals surface area contributed by atoms with Gasteiger partial charge in [0.1, 0.15) is 5.76 Å². The summed E-state index contributed by atoms with van der Waals surface area (Å²) in [6, 6.07) is 9.41. The Morgan fingerprint density at radius 1 is 1.29 bits per heavy atom. The molecule has 0 radical (unpaired) electrons. The van der Waals surface area contributed by atoms with Crippen molar-refractivity contribution in [3.05, 3.63) is 41.8 Å². The smallest absolute Gasteiger partial charge is 0.141 e. The molecule has 1 aromatic heterocycles. The van der Waals surface area contributed by atoms with Gasteiger partial charge in [0.05, 0.1) is 17.8 Å². The highest BCUT2D eigenvalue weighted by Crippen LogP contribution is 2.22. The van der Waals surface area contributed by atoms with Gasteiger partial charge in [-0.25, -0.2) is 0 Å². The van der Waals surface area contributed by atoms with Gasteiger partial charge < -0.3 is 4.52 Å². The van der Waals surface area contributed by atoms with Crippen LogP contribution in [0.15, 0.2) is 35.0 Å². The van der Waals surface area contributed by atoms with Crippen LogP contribution in [0.25, 0.3) is 11.1 Å². The predicted octanol–water partition coefficient (Wildman–Crippen LogP) is 2.52. The van der Waals surface area contributed by atoms with Crippen molar-refractivity contribution in [1.82, 2.24) is 5.16 Å². The first-order chi connectivity index (χ1) is 6.81. The normalized spacial score (nSPS) is 9.71. The third-order valence-corrected chi connectivity index (χ3v) is 2.08. The second-order valence-electron chi connectivity index (χ2n) is 2.98. The molecule has 0 bridgehead atoms.